The maximum Gasteiger partial charge on any atom is 0.244 e. The Morgan fingerprint density at radius 1 is 1.09 bits per heavy atom. The van der Waals surface area contributed by atoms with Crippen molar-refractivity contribution >= 4 is 56.5 Å². The van der Waals surface area contributed by atoms with Gasteiger partial charge in [0.25, 0.3) is 0 Å². The summed E-state index contributed by atoms with van der Waals surface area (Å²) in [6.45, 7) is 2.26. The number of ketones is 1. The molecule has 0 fully saturated rings. The van der Waals surface area contributed by atoms with Gasteiger partial charge in [-0.2, -0.15) is 0 Å². The van der Waals surface area contributed by atoms with E-state index in [2.05, 4.69) is 5.32 Å². The van der Waals surface area contributed by atoms with Gasteiger partial charge in [0.05, 0.1) is 11.9 Å². The summed E-state index contributed by atoms with van der Waals surface area (Å²) in [5.74, 6) is -1.31. The highest BCUT2D eigenvalue weighted by atomic mass is 35.5. The number of amides is 2. The lowest BCUT2D eigenvalue weighted by molar-refractivity contribution is -0.139. The minimum atomic E-state index is -3.90. The minimum Gasteiger partial charge on any atom is -0.357 e. The highest BCUT2D eigenvalue weighted by Gasteiger charge is 2.30. The molecule has 2 aromatic rings. The van der Waals surface area contributed by atoms with E-state index in [1.165, 1.54) is 50.1 Å². The highest BCUT2D eigenvalue weighted by Crippen LogP contribution is 2.24. The van der Waals surface area contributed by atoms with Crippen LogP contribution in [0, 0.1) is 0 Å². The Kier molecular flexibility index (Phi) is 8.88. The van der Waals surface area contributed by atoms with Crippen LogP contribution in [-0.2, 0) is 26.2 Å². The number of carbonyl (C=O) groups excluding carboxylic acids is 3. The lowest BCUT2D eigenvalue weighted by Gasteiger charge is -2.31. The molecule has 0 heterocycles. The van der Waals surface area contributed by atoms with Crippen molar-refractivity contribution < 1.29 is 22.8 Å². The summed E-state index contributed by atoms with van der Waals surface area (Å²) in [5.41, 5.74) is 1.00. The number of Topliss-reactive ketones (excluding diaryl/α,β-unsaturated/α-hetero) is 1. The Balaban J connectivity index is 2.45. The average Bonchev–Trinajstić information content (AvgIpc) is 2.75. The molecule has 11 heteroatoms. The molecule has 0 bridgehead atoms. The number of benzene rings is 2. The fraction of sp³-hybridized carbons (Fsp3) is 0.318. The number of halogens is 2. The first-order valence-corrected chi connectivity index (χ1v) is 12.5. The van der Waals surface area contributed by atoms with Gasteiger partial charge in [-0.25, -0.2) is 8.42 Å². The maximum absolute atomic E-state index is 13.3. The zero-order chi connectivity index (χ0) is 24.9. The SMILES string of the molecule is CNC(=O)C(C)N(Cc1ccc(Cl)cc1Cl)C(=O)CN(c1cccc(C(C)=O)c1)S(C)(=O)=O. The smallest absolute Gasteiger partial charge is 0.244 e. The van der Waals surface area contributed by atoms with Gasteiger partial charge in [0, 0.05) is 29.2 Å². The molecule has 0 aliphatic rings. The van der Waals surface area contributed by atoms with Crippen molar-refractivity contribution in [1.29, 1.82) is 0 Å². The molecule has 2 aromatic carbocycles. The van der Waals surface area contributed by atoms with Gasteiger partial charge in [-0.05, 0) is 43.7 Å². The lowest BCUT2D eigenvalue weighted by atomic mass is 10.1. The van der Waals surface area contributed by atoms with Crippen molar-refractivity contribution in [1.82, 2.24) is 10.2 Å². The molecule has 1 unspecified atom stereocenters. The molecular formula is C22H25Cl2N3O5S. The normalized spacial score (nSPS) is 12.1. The van der Waals surface area contributed by atoms with E-state index in [0.717, 1.165) is 10.6 Å². The van der Waals surface area contributed by atoms with E-state index in [4.69, 9.17) is 23.2 Å². The lowest BCUT2D eigenvalue weighted by Crippen LogP contribution is -2.50. The molecule has 0 saturated heterocycles. The second-order valence-electron chi connectivity index (χ2n) is 7.42. The van der Waals surface area contributed by atoms with E-state index in [1.807, 2.05) is 0 Å². The number of anilines is 1. The van der Waals surface area contributed by atoms with E-state index in [1.54, 1.807) is 18.2 Å². The zero-order valence-electron chi connectivity index (χ0n) is 18.6. The third kappa shape index (κ3) is 6.93. The van der Waals surface area contributed by atoms with Crippen LogP contribution in [0.25, 0.3) is 0 Å². The molecule has 0 aliphatic carbocycles. The average molecular weight is 514 g/mol. The number of hydrogen-bond donors (Lipinski definition) is 1. The predicted octanol–water partition coefficient (Wildman–Crippen LogP) is 3.13. The quantitative estimate of drug-likeness (QED) is 0.518. The molecule has 1 N–H and O–H groups in total. The van der Waals surface area contributed by atoms with E-state index in [9.17, 15) is 22.8 Å². The third-order valence-corrected chi connectivity index (χ3v) is 6.72. The Morgan fingerprint density at radius 3 is 2.30 bits per heavy atom. The number of likely N-dealkylation sites (N-methyl/N-ethyl adjacent to an activating group) is 1. The first-order chi connectivity index (χ1) is 15.3. The number of sulfonamides is 1. The van der Waals surface area contributed by atoms with Gasteiger partial charge in [-0.3, -0.25) is 18.7 Å². The largest absolute Gasteiger partial charge is 0.357 e. The Morgan fingerprint density at radius 2 is 1.76 bits per heavy atom. The van der Waals surface area contributed by atoms with Gasteiger partial charge in [0.2, 0.25) is 21.8 Å². The second-order valence-corrected chi connectivity index (χ2v) is 10.2. The van der Waals surface area contributed by atoms with Gasteiger partial charge in [-0.1, -0.05) is 41.4 Å². The fourth-order valence-corrected chi connectivity index (χ4v) is 4.43. The number of carbonyl (C=O) groups is 3. The van der Waals surface area contributed by atoms with Crippen LogP contribution < -0.4 is 9.62 Å². The Hall–Kier alpha value is -2.62. The van der Waals surface area contributed by atoms with Gasteiger partial charge in [0.15, 0.2) is 5.78 Å². The van der Waals surface area contributed by atoms with Gasteiger partial charge in [0.1, 0.15) is 12.6 Å². The maximum atomic E-state index is 13.3. The van der Waals surface area contributed by atoms with Crippen LogP contribution in [-0.4, -0.2) is 56.8 Å². The first kappa shape index (κ1) is 26.6. The molecule has 33 heavy (non-hydrogen) atoms. The molecule has 0 saturated carbocycles. The van der Waals surface area contributed by atoms with Crippen LogP contribution in [0.15, 0.2) is 42.5 Å². The van der Waals surface area contributed by atoms with Crippen molar-refractivity contribution in [2.24, 2.45) is 0 Å². The van der Waals surface area contributed by atoms with Crippen molar-refractivity contribution in [3.63, 3.8) is 0 Å². The van der Waals surface area contributed by atoms with Crippen LogP contribution in [0.2, 0.25) is 10.0 Å². The fourth-order valence-electron chi connectivity index (χ4n) is 3.12. The molecule has 2 amide bonds. The van der Waals surface area contributed by atoms with E-state index in [-0.39, 0.29) is 18.0 Å². The number of nitrogens with one attached hydrogen (secondary N) is 1. The van der Waals surface area contributed by atoms with Gasteiger partial charge in [-0.15, -0.1) is 0 Å². The van der Waals surface area contributed by atoms with Crippen LogP contribution in [0.4, 0.5) is 5.69 Å². The van der Waals surface area contributed by atoms with Crippen LogP contribution in [0.3, 0.4) is 0 Å². The molecule has 0 aliphatic heterocycles. The molecule has 0 radical (unpaired) electrons. The topological polar surface area (TPSA) is 104 Å². The monoisotopic (exact) mass is 513 g/mol. The Bertz CT molecular complexity index is 1170. The minimum absolute atomic E-state index is 0.0471. The molecule has 0 aromatic heterocycles. The summed E-state index contributed by atoms with van der Waals surface area (Å²) in [6.07, 6.45) is 0.962. The first-order valence-electron chi connectivity index (χ1n) is 9.88. The summed E-state index contributed by atoms with van der Waals surface area (Å²) in [4.78, 5) is 38.7. The summed E-state index contributed by atoms with van der Waals surface area (Å²) in [7, 11) is -2.46. The molecule has 2 rings (SSSR count). The van der Waals surface area contributed by atoms with E-state index in [0.29, 0.717) is 21.2 Å². The van der Waals surface area contributed by atoms with Gasteiger partial charge >= 0.3 is 0 Å². The molecule has 178 valence electrons. The van der Waals surface area contributed by atoms with Crippen molar-refractivity contribution in [3.8, 4) is 0 Å². The Labute approximate surface area is 203 Å². The van der Waals surface area contributed by atoms with Crippen LogP contribution in [0.1, 0.15) is 29.8 Å². The van der Waals surface area contributed by atoms with Crippen LogP contribution >= 0.6 is 23.2 Å². The van der Waals surface area contributed by atoms with Crippen molar-refractivity contribution in [2.45, 2.75) is 26.4 Å². The molecule has 8 nitrogen and oxygen atoms in total. The third-order valence-electron chi connectivity index (χ3n) is 4.99. The number of nitrogens with zero attached hydrogens (tertiary/aromatic N) is 2. The summed E-state index contributed by atoms with van der Waals surface area (Å²) < 4.78 is 26.0. The predicted molar refractivity (Wildman–Crippen MR) is 129 cm³/mol. The summed E-state index contributed by atoms with van der Waals surface area (Å²) >= 11 is 12.2. The van der Waals surface area contributed by atoms with E-state index < -0.39 is 34.4 Å². The molecule has 1 atom stereocenters. The molecule has 0 spiro atoms. The summed E-state index contributed by atoms with van der Waals surface area (Å²) in [5, 5.41) is 3.20. The highest BCUT2D eigenvalue weighted by molar-refractivity contribution is 7.92. The number of rotatable bonds is 9. The number of hydrogen-bond acceptors (Lipinski definition) is 5. The standard InChI is InChI=1S/C22H25Cl2N3O5S/c1-14(22(30)25-3)26(12-17-8-9-18(23)11-20(17)24)21(29)13-27(33(4,31)32)19-7-5-6-16(10-19)15(2)28/h5-11,14H,12-13H2,1-4H3,(H,25,30). The zero-order valence-corrected chi connectivity index (χ0v) is 21.0. The van der Waals surface area contributed by atoms with Gasteiger partial charge < -0.3 is 10.2 Å². The van der Waals surface area contributed by atoms with Crippen molar-refractivity contribution in [3.05, 3.63) is 63.6 Å². The van der Waals surface area contributed by atoms with E-state index >= 15 is 0 Å². The van der Waals surface area contributed by atoms with Crippen LogP contribution in [0.5, 0.6) is 0 Å². The second kappa shape index (κ2) is 11.0. The van der Waals surface area contributed by atoms with Crippen molar-refractivity contribution in [2.75, 3.05) is 24.2 Å². The summed E-state index contributed by atoms with van der Waals surface area (Å²) in [6, 6.07) is 9.81. The molecular weight excluding hydrogens is 489 g/mol.